The second-order valence-corrected chi connectivity index (χ2v) is 3.65. The fourth-order valence-corrected chi connectivity index (χ4v) is 1.55. The summed E-state index contributed by atoms with van der Waals surface area (Å²) in [5.74, 6) is -1.26. The zero-order valence-corrected chi connectivity index (χ0v) is 8.78. The molecule has 1 aromatic rings. The molecular weight excluding hydrogens is 234 g/mol. The second-order valence-electron chi connectivity index (χ2n) is 2.74. The number of carboxylic acid groups (broad SMARTS) is 1. The van der Waals surface area contributed by atoms with Crippen LogP contribution in [0.2, 0.25) is 0 Å². The van der Waals surface area contributed by atoms with Crippen molar-refractivity contribution in [3.05, 3.63) is 28.5 Å². The highest BCUT2D eigenvalue weighted by Crippen LogP contribution is 2.21. The first-order chi connectivity index (χ1) is 6.15. The van der Waals surface area contributed by atoms with Crippen molar-refractivity contribution < 1.29 is 9.90 Å². The summed E-state index contributed by atoms with van der Waals surface area (Å²) in [4.78, 5) is 14.7. The summed E-state index contributed by atoms with van der Waals surface area (Å²) in [5, 5.41) is 8.87. The zero-order valence-electron chi connectivity index (χ0n) is 7.20. The van der Waals surface area contributed by atoms with Gasteiger partial charge in [-0.2, -0.15) is 0 Å². The van der Waals surface area contributed by atoms with Crippen LogP contribution in [0.4, 0.5) is 0 Å². The van der Waals surface area contributed by atoms with Gasteiger partial charge in [-0.25, -0.2) is 0 Å². The van der Waals surface area contributed by atoms with Crippen molar-refractivity contribution in [3.8, 4) is 0 Å². The van der Waals surface area contributed by atoms with Crippen LogP contribution in [0, 0.1) is 0 Å². The average molecular weight is 244 g/mol. The number of carbonyl (C=O) groups is 1. The van der Waals surface area contributed by atoms with Crippen molar-refractivity contribution in [1.29, 1.82) is 0 Å². The van der Waals surface area contributed by atoms with Gasteiger partial charge in [-0.15, -0.1) is 0 Å². The molecule has 70 valence electrons. The molecule has 0 bridgehead atoms. The standard InChI is InChI=1S/C9H10BrNO2/c1-2-8(9(12)13)6-3-7(10)5-11-4-6/h3-5,8H,2H2,1H3,(H,12,13). The van der Waals surface area contributed by atoms with E-state index in [9.17, 15) is 4.79 Å². The van der Waals surface area contributed by atoms with E-state index in [1.807, 2.05) is 6.92 Å². The number of pyridine rings is 1. The van der Waals surface area contributed by atoms with Gasteiger partial charge in [0.1, 0.15) is 0 Å². The van der Waals surface area contributed by atoms with Crippen LogP contribution < -0.4 is 0 Å². The molecule has 0 aromatic carbocycles. The molecule has 4 heteroatoms. The summed E-state index contributed by atoms with van der Waals surface area (Å²) in [6.45, 7) is 1.85. The Kier molecular flexibility index (Phi) is 3.42. The van der Waals surface area contributed by atoms with Crippen LogP contribution in [0.15, 0.2) is 22.9 Å². The Hall–Kier alpha value is -0.900. The van der Waals surface area contributed by atoms with Crippen molar-refractivity contribution in [2.24, 2.45) is 0 Å². The van der Waals surface area contributed by atoms with Crippen molar-refractivity contribution in [2.45, 2.75) is 19.3 Å². The van der Waals surface area contributed by atoms with Gasteiger partial charge in [-0.1, -0.05) is 6.92 Å². The third-order valence-corrected chi connectivity index (χ3v) is 2.27. The van der Waals surface area contributed by atoms with E-state index in [4.69, 9.17) is 5.11 Å². The third kappa shape index (κ3) is 2.52. The molecule has 0 amide bonds. The Morgan fingerprint density at radius 3 is 2.85 bits per heavy atom. The van der Waals surface area contributed by atoms with E-state index >= 15 is 0 Å². The summed E-state index contributed by atoms with van der Waals surface area (Å²) < 4.78 is 0.810. The first-order valence-corrected chi connectivity index (χ1v) is 4.77. The molecule has 0 aliphatic heterocycles. The molecule has 3 nitrogen and oxygen atoms in total. The first-order valence-electron chi connectivity index (χ1n) is 3.98. The molecular formula is C9H10BrNO2. The lowest BCUT2D eigenvalue weighted by molar-refractivity contribution is -0.138. The van der Waals surface area contributed by atoms with E-state index in [-0.39, 0.29) is 0 Å². The summed E-state index contributed by atoms with van der Waals surface area (Å²) in [6, 6.07) is 1.79. The minimum absolute atomic E-state index is 0.454. The van der Waals surface area contributed by atoms with Crippen LogP contribution in [0.5, 0.6) is 0 Å². The van der Waals surface area contributed by atoms with Crippen molar-refractivity contribution >= 4 is 21.9 Å². The molecule has 1 heterocycles. The van der Waals surface area contributed by atoms with E-state index in [1.165, 1.54) is 0 Å². The summed E-state index contributed by atoms with van der Waals surface area (Å²) in [6.07, 6.45) is 3.80. The first kappa shape index (κ1) is 10.2. The quantitative estimate of drug-likeness (QED) is 0.888. The molecule has 1 aromatic heterocycles. The lowest BCUT2D eigenvalue weighted by Crippen LogP contribution is -2.10. The number of nitrogens with zero attached hydrogens (tertiary/aromatic N) is 1. The summed E-state index contributed by atoms with van der Waals surface area (Å²) >= 11 is 3.25. The maximum atomic E-state index is 10.8. The Morgan fingerprint density at radius 1 is 1.69 bits per heavy atom. The number of hydrogen-bond donors (Lipinski definition) is 1. The molecule has 1 rings (SSSR count). The maximum Gasteiger partial charge on any atom is 0.311 e. The predicted molar refractivity (Wildman–Crippen MR) is 52.6 cm³/mol. The zero-order chi connectivity index (χ0) is 9.84. The van der Waals surface area contributed by atoms with Gasteiger partial charge in [-0.3, -0.25) is 9.78 Å². The molecule has 0 spiro atoms. The van der Waals surface area contributed by atoms with Gasteiger partial charge in [0.05, 0.1) is 5.92 Å². The van der Waals surface area contributed by atoms with Crippen molar-refractivity contribution in [1.82, 2.24) is 4.98 Å². The van der Waals surface area contributed by atoms with Crippen LogP contribution in [0.1, 0.15) is 24.8 Å². The van der Waals surface area contributed by atoms with Crippen molar-refractivity contribution in [2.75, 3.05) is 0 Å². The van der Waals surface area contributed by atoms with Crippen LogP contribution >= 0.6 is 15.9 Å². The van der Waals surface area contributed by atoms with Crippen LogP contribution in [-0.4, -0.2) is 16.1 Å². The topological polar surface area (TPSA) is 50.2 Å². The second kappa shape index (κ2) is 4.37. The Morgan fingerprint density at radius 2 is 2.38 bits per heavy atom. The van der Waals surface area contributed by atoms with E-state index < -0.39 is 11.9 Å². The molecule has 1 N–H and O–H groups in total. The van der Waals surface area contributed by atoms with E-state index in [1.54, 1.807) is 18.5 Å². The molecule has 0 fully saturated rings. The van der Waals surface area contributed by atoms with Gasteiger partial charge in [-0.05, 0) is 34.0 Å². The van der Waals surface area contributed by atoms with Gasteiger partial charge in [0, 0.05) is 16.9 Å². The fourth-order valence-electron chi connectivity index (χ4n) is 1.17. The SMILES string of the molecule is CCC(C(=O)O)c1cncc(Br)c1. The Bertz CT molecular complexity index is 314. The van der Waals surface area contributed by atoms with Crippen molar-refractivity contribution in [3.63, 3.8) is 0 Å². The Labute approximate surface area is 84.9 Å². The van der Waals surface area contributed by atoms with Gasteiger partial charge >= 0.3 is 5.97 Å². The highest BCUT2D eigenvalue weighted by atomic mass is 79.9. The summed E-state index contributed by atoms with van der Waals surface area (Å²) in [7, 11) is 0. The molecule has 13 heavy (non-hydrogen) atoms. The van der Waals surface area contributed by atoms with Gasteiger partial charge < -0.3 is 5.11 Å². The molecule has 0 aliphatic rings. The smallest absolute Gasteiger partial charge is 0.311 e. The van der Waals surface area contributed by atoms with E-state index in [2.05, 4.69) is 20.9 Å². The molecule has 0 radical (unpaired) electrons. The maximum absolute atomic E-state index is 10.8. The summed E-state index contributed by atoms with van der Waals surface area (Å²) in [5.41, 5.74) is 0.740. The minimum Gasteiger partial charge on any atom is -0.481 e. The highest BCUT2D eigenvalue weighted by Gasteiger charge is 2.17. The predicted octanol–water partition coefficient (Wildman–Crippen LogP) is 2.42. The fraction of sp³-hybridized carbons (Fsp3) is 0.333. The van der Waals surface area contributed by atoms with Gasteiger partial charge in [0.15, 0.2) is 0 Å². The van der Waals surface area contributed by atoms with E-state index in [0.29, 0.717) is 6.42 Å². The van der Waals surface area contributed by atoms with Crippen LogP contribution in [-0.2, 0) is 4.79 Å². The molecule has 0 aliphatic carbocycles. The number of hydrogen-bond acceptors (Lipinski definition) is 2. The number of carboxylic acids is 1. The highest BCUT2D eigenvalue weighted by molar-refractivity contribution is 9.10. The normalized spacial score (nSPS) is 12.5. The lowest BCUT2D eigenvalue weighted by Gasteiger charge is -2.08. The monoisotopic (exact) mass is 243 g/mol. The molecule has 1 atom stereocenters. The van der Waals surface area contributed by atoms with E-state index in [0.717, 1.165) is 10.0 Å². The van der Waals surface area contributed by atoms with Crippen LogP contribution in [0.3, 0.4) is 0 Å². The minimum atomic E-state index is -0.803. The number of halogens is 1. The largest absolute Gasteiger partial charge is 0.481 e. The third-order valence-electron chi connectivity index (χ3n) is 1.83. The molecule has 1 unspecified atom stereocenters. The van der Waals surface area contributed by atoms with Gasteiger partial charge in [0.25, 0.3) is 0 Å². The Balaban J connectivity index is 2.98. The lowest BCUT2D eigenvalue weighted by atomic mass is 9.99. The van der Waals surface area contributed by atoms with Gasteiger partial charge in [0.2, 0.25) is 0 Å². The molecule has 0 saturated carbocycles. The molecule has 0 saturated heterocycles. The van der Waals surface area contributed by atoms with Crippen LogP contribution in [0.25, 0.3) is 0 Å². The number of aromatic nitrogens is 1. The average Bonchev–Trinajstić information content (AvgIpc) is 2.04. The number of rotatable bonds is 3. The number of aliphatic carboxylic acids is 1.